The Balaban J connectivity index is 1.65. The molecule has 2 atom stereocenters. The minimum Gasteiger partial charge on any atom is -0.497 e. The fraction of sp³-hybridized carbons (Fsp3) is 0.474. The smallest absolute Gasteiger partial charge is 0.159 e. The largest absolute Gasteiger partial charge is 0.497 e. The van der Waals surface area contributed by atoms with Crippen molar-refractivity contribution < 1.29 is 9.84 Å². The third-order valence-electron chi connectivity index (χ3n) is 4.75. The molecule has 0 saturated heterocycles. The zero-order valence-electron chi connectivity index (χ0n) is 14.4. The van der Waals surface area contributed by atoms with Gasteiger partial charge in [-0.25, -0.2) is 9.97 Å². The number of ether oxygens (including phenoxy) is 1. The number of aliphatic hydroxyl groups excluding tert-OH is 1. The summed E-state index contributed by atoms with van der Waals surface area (Å²) >= 11 is 0. The summed E-state index contributed by atoms with van der Waals surface area (Å²) in [5.74, 6) is 1.53. The molecule has 0 spiro atoms. The highest BCUT2D eigenvalue weighted by Crippen LogP contribution is 2.24. The van der Waals surface area contributed by atoms with Gasteiger partial charge in [-0.1, -0.05) is 12.8 Å². The van der Waals surface area contributed by atoms with Crippen molar-refractivity contribution in [2.75, 3.05) is 14.2 Å². The number of hydrogen-bond donors (Lipinski definition) is 1. The highest BCUT2D eigenvalue weighted by molar-refractivity contribution is 5.55. The molecule has 1 aliphatic carbocycles. The van der Waals surface area contributed by atoms with Crippen LogP contribution in [0.2, 0.25) is 0 Å². The molecule has 0 aliphatic heterocycles. The summed E-state index contributed by atoms with van der Waals surface area (Å²) in [5.41, 5.74) is 2.03. The van der Waals surface area contributed by atoms with E-state index in [0.29, 0.717) is 5.82 Å². The van der Waals surface area contributed by atoms with E-state index < -0.39 is 0 Å². The van der Waals surface area contributed by atoms with Crippen LogP contribution >= 0.6 is 0 Å². The summed E-state index contributed by atoms with van der Waals surface area (Å²) in [5, 5.41) is 10.2. The molecule has 0 amide bonds. The summed E-state index contributed by atoms with van der Waals surface area (Å²) in [6.07, 6.45) is 7.81. The Morgan fingerprint density at radius 1 is 1.12 bits per heavy atom. The number of nitrogens with zero attached hydrogens (tertiary/aromatic N) is 3. The van der Waals surface area contributed by atoms with Crippen LogP contribution in [-0.4, -0.2) is 46.3 Å². The molecule has 1 heterocycles. The topological polar surface area (TPSA) is 58.5 Å². The van der Waals surface area contributed by atoms with E-state index in [1.165, 1.54) is 6.42 Å². The van der Waals surface area contributed by atoms with Gasteiger partial charge >= 0.3 is 0 Å². The van der Waals surface area contributed by atoms with Crippen LogP contribution in [0.15, 0.2) is 36.7 Å². The normalized spacial score (nSPS) is 21.0. The van der Waals surface area contributed by atoms with Crippen LogP contribution in [0.4, 0.5) is 0 Å². The molecule has 24 heavy (non-hydrogen) atoms. The zero-order chi connectivity index (χ0) is 16.9. The van der Waals surface area contributed by atoms with Gasteiger partial charge in [0.25, 0.3) is 0 Å². The number of benzene rings is 1. The van der Waals surface area contributed by atoms with Crippen LogP contribution in [0.5, 0.6) is 5.75 Å². The van der Waals surface area contributed by atoms with Crippen LogP contribution < -0.4 is 4.74 Å². The molecule has 5 nitrogen and oxygen atoms in total. The van der Waals surface area contributed by atoms with Gasteiger partial charge in [-0.2, -0.15) is 0 Å². The summed E-state index contributed by atoms with van der Waals surface area (Å²) in [4.78, 5) is 11.2. The quantitative estimate of drug-likeness (QED) is 0.915. The molecule has 1 aliphatic rings. The van der Waals surface area contributed by atoms with Gasteiger partial charge in [0.1, 0.15) is 5.75 Å². The lowest BCUT2D eigenvalue weighted by Gasteiger charge is -2.35. The molecule has 1 aromatic carbocycles. The first kappa shape index (κ1) is 16.9. The lowest BCUT2D eigenvalue weighted by Crippen LogP contribution is -2.42. The first-order chi connectivity index (χ1) is 11.7. The van der Waals surface area contributed by atoms with Gasteiger partial charge in [0.15, 0.2) is 5.82 Å². The summed E-state index contributed by atoms with van der Waals surface area (Å²) < 4.78 is 5.17. The summed E-state index contributed by atoms with van der Waals surface area (Å²) in [6, 6.07) is 7.96. The van der Waals surface area contributed by atoms with E-state index in [1.807, 2.05) is 36.7 Å². The molecule has 5 heteroatoms. The van der Waals surface area contributed by atoms with E-state index in [1.54, 1.807) is 7.11 Å². The molecule has 3 rings (SSSR count). The molecule has 0 unspecified atom stereocenters. The highest BCUT2D eigenvalue weighted by Gasteiger charge is 2.26. The van der Waals surface area contributed by atoms with Crippen molar-refractivity contribution in [3.05, 3.63) is 42.2 Å². The second-order valence-corrected chi connectivity index (χ2v) is 6.48. The molecule has 1 saturated carbocycles. The number of likely N-dealkylation sites (N-methyl/N-ethyl adjacent to an activating group) is 1. The maximum atomic E-state index is 10.2. The van der Waals surface area contributed by atoms with Gasteiger partial charge in [-0.05, 0) is 44.2 Å². The lowest BCUT2D eigenvalue weighted by atomic mass is 9.91. The van der Waals surface area contributed by atoms with Crippen LogP contribution in [0, 0.1) is 0 Å². The number of hydrogen-bond acceptors (Lipinski definition) is 5. The van der Waals surface area contributed by atoms with Crippen molar-refractivity contribution in [3.8, 4) is 17.1 Å². The van der Waals surface area contributed by atoms with Crippen molar-refractivity contribution in [1.82, 2.24) is 14.9 Å². The number of methoxy groups -OCH3 is 1. The van der Waals surface area contributed by atoms with Gasteiger partial charge in [0, 0.05) is 36.1 Å². The van der Waals surface area contributed by atoms with Gasteiger partial charge in [0.2, 0.25) is 0 Å². The Morgan fingerprint density at radius 3 is 2.42 bits per heavy atom. The Labute approximate surface area is 143 Å². The molecule has 2 aromatic rings. The van der Waals surface area contributed by atoms with E-state index in [9.17, 15) is 5.11 Å². The van der Waals surface area contributed by atoms with Crippen molar-refractivity contribution in [2.24, 2.45) is 0 Å². The molecule has 1 aromatic heterocycles. The maximum Gasteiger partial charge on any atom is 0.159 e. The van der Waals surface area contributed by atoms with Crippen molar-refractivity contribution >= 4 is 0 Å². The third kappa shape index (κ3) is 3.91. The second-order valence-electron chi connectivity index (χ2n) is 6.48. The van der Waals surface area contributed by atoms with E-state index >= 15 is 0 Å². The average Bonchev–Trinajstić information content (AvgIpc) is 2.63. The van der Waals surface area contributed by atoms with E-state index in [0.717, 1.165) is 42.7 Å². The SMILES string of the molecule is COc1ccc(-c2ncc(CN(C)[C@@H]3CCCC[C@@H]3O)cn2)cc1. The number of rotatable bonds is 5. The standard InChI is InChI=1S/C19H25N3O2/c1-22(17-5-3-4-6-18(17)23)13-14-11-20-19(21-12-14)15-7-9-16(24-2)10-8-15/h7-12,17-18,23H,3-6,13H2,1-2H3/t17-,18+/m1/s1. The molecule has 1 N–H and O–H groups in total. The van der Waals surface area contributed by atoms with Gasteiger partial charge < -0.3 is 9.84 Å². The van der Waals surface area contributed by atoms with E-state index in [-0.39, 0.29) is 12.1 Å². The minimum absolute atomic E-state index is 0.219. The van der Waals surface area contributed by atoms with Gasteiger partial charge in [-0.15, -0.1) is 0 Å². The summed E-state index contributed by atoms with van der Waals surface area (Å²) in [6.45, 7) is 0.755. The highest BCUT2D eigenvalue weighted by atomic mass is 16.5. The fourth-order valence-electron chi connectivity index (χ4n) is 3.34. The third-order valence-corrected chi connectivity index (χ3v) is 4.75. The fourth-order valence-corrected chi connectivity index (χ4v) is 3.34. The molecule has 0 radical (unpaired) electrons. The van der Waals surface area contributed by atoms with Crippen LogP contribution in [-0.2, 0) is 6.54 Å². The second kappa shape index (κ2) is 7.73. The maximum absolute atomic E-state index is 10.2. The van der Waals surface area contributed by atoms with Gasteiger partial charge in [-0.3, -0.25) is 4.90 Å². The average molecular weight is 327 g/mol. The minimum atomic E-state index is -0.219. The zero-order valence-corrected chi connectivity index (χ0v) is 14.4. The first-order valence-corrected chi connectivity index (χ1v) is 8.51. The molecule has 1 fully saturated rings. The monoisotopic (exact) mass is 327 g/mol. The van der Waals surface area contributed by atoms with Crippen LogP contribution in [0.25, 0.3) is 11.4 Å². The first-order valence-electron chi connectivity index (χ1n) is 8.51. The predicted octanol–water partition coefficient (Wildman–Crippen LogP) is 2.89. The molecular formula is C19H25N3O2. The number of aliphatic hydroxyl groups is 1. The van der Waals surface area contributed by atoms with Crippen LogP contribution in [0.3, 0.4) is 0 Å². The Hall–Kier alpha value is -1.98. The number of aromatic nitrogens is 2. The Kier molecular flexibility index (Phi) is 5.43. The summed E-state index contributed by atoms with van der Waals surface area (Å²) in [7, 11) is 3.72. The van der Waals surface area contributed by atoms with Crippen molar-refractivity contribution in [1.29, 1.82) is 0 Å². The van der Waals surface area contributed by atoms with E-state index in [2.05, 4.69) is 21.9 Å². The Bertz CT molecular complexity index is 643. The molecular weight excluding hydrogens is 302 g/mol. The van der Waals surface area contributed by atoms with Crippen molar-refractivity contribution in [2.45, 2.75) is 44.4 Å². The van der Waals surface area contributed by atoms with Gasteiger partial charge in [0.05, 0.1) is 13.2 Å². The van der Waals surface area contributed by atoms with Crippen LogP contribution in [0.1, 0.15) is 31.2 Å². The molecule has 0 bridgehead atoms. The molecule has 128 valence electrons. The lowest BCUT2D eigenvalue weighted by molar-refractivity contribution is 0.0287. The van der Waals surface area contributed by atoms with Crippen molar-refractivity contribution in [3.63, 3.8) is 0 Å². The Morgan fingerprint density at radius 2 is 1.79 bits per heavy atom. The van der Waals surface area contributed by atoms with E-state index in [4.69, 9.17) is 4.74 Å². The predicted molar refractivity (Wildman–Crippen MR) is 93.7 cm³/mol.